The zero-order chi connectivity index (χ0) is 11.5. The minimum atomic E-state index is -3.19. The van der Waals surface area contributed by atoms with Gasteiger partial charge in [0.2, 0.25) is 10.0 Å². The Hall–Kier alpha value is -0.610. The summed E-state index contributed by atoms with van der Waals surface area (Å²) < 4.78 is 24.5. The molecule has 1 atom stereocenters. The van der Waals surface area contributed by atoms with Gasteiger partial charge in [-0.25, -0.2) is 8.42 Å². The van der Waals surface area contributed by atoms with Crippen LogP contribution in [0.4, 0.5) is 0 Å². The lowest BCUT2D eigenvalue weighted by molar-refractivity contribution is 0.185. The van der Waals surface area contributed by atoms with E-state index in [2.05, 4.69) is 5.92 Å². The summed E-state index contributed by atoms with van der Waals surface area (Å²) in [7, 11) is -1.39. The first kappa shape index (κ1) is 12.5. The van der Waals surface area contributed by atoms with Gasteiger partial charge in [0.25, 0.3) is 0 Å². The Morgan fingerprint density at radius 3 is 2.87 bits per heavy atom. The van der Waals surface area contributed by atoms with E-state index in [0.29, 0.717) is 13.1 Å². The van der Waals surface area contributed by atoms with Gasteiger partial charge in [-0.05, 0) is 7.05 Å². The van der Waals surface area contributed by atoms with Gasteiger partial charge in [0.15, 0.2) is 0 Å². The van der Waals surface area contributed by atoms with Crippen molar-refractivity contribution in [3.63, 3.8) is 0 Å². The Bertz CT molecular complexity index is 347. The summed E-state index contributed by atoms with van der Waals surface area (Å²) in [5.74, 6) is 2.42. The van der Waals surface area contributed by atoms with Crippen molar-refractivity contribution >= 4 is 10.0 Å². The number of hydrogen-bond donors (Lipinski definition) is 1. The molecule has 1 rings (SSSR count). The fourth-order valence-corrected chi connectivity index (χ4v) is 3.35. The van der Waals surface area contributed by atoms with E-state index in [1.807, 2.05) is 4.90 Å². The second kappa shape index (κ2) is 4.94. The molecule has 86 valence electrons. The molecule has 1 saturated heterocycles. The fourth-order valence-electron chi connectivity index (χ4n) is 1.62. The molecule has 0 aromatic heterocycles. The number of terminal acetylenes is 1. The predicted molar refractivity (Wildman–Crippen MR) is 57.7 cm³/mol. The molecule has 0 saturated carbocycles. The summed E-state index contributed by atoms with van der Waals surface area (Å²) in [6.45, 7) is 1.06. The van der Waals surface area contributed by atoms with E-state index in [9.17, 15) is 8.42 Å². The molecule has 1 heterocycles. The van der Waals surface area contributed by atoms with E-state index in [1.54, 1.807) is 7.05 Å². The van der Waals surface area contributed by atoms with Crippen molar-refractivity contribution in [2.24, 2.45) is 0 Å². The quantitative estimate of drug-likeness (QED) is 0.603. The van der Waals surface area contributed by atoms with Crippen LogP contribution >= 0.6 is 0 Å². The van der Waals surface area contributed by atoms with E-state index in [0.717, 1.165) is 0 Å². The highest BCUT2D eigenvalue weighted by atomic mass is 32.2. The van der Waals surface area contributed by atoms with Crippen molar-refractivity contribution in [1.82, 2.24) is 9.21 Å². The summed E-state index contributed by atoms with van der Waals surface area (Å²) in [6.07, 6.45) is 5.10. The number of aliphatic hydroxyl groups excluding tert-OH is 1. The third-order valence-electron chi connectivity index (χ3n) is 2.55. The van der Waals surface area contributed by atoms with Crippen molar-refractivity contribution in [1.29, 1.82) is 0 Å². The van der Waals surface area contributed by atoms with Crippen molar-refractivity contribution in [2.45, 2.75) is 6.04 Å². The lowest BCUT2D eigenvalue weighted by Crippen LogP contribution is -2.37. The first-order valence-corrected chi connectivity index (χ1v) is 6.34. The molecule has 0 amide bonds. The largest absolute Gasteiger partial charge is 0.395 e. The Morgan fingerprint density at radius 1 is 1.67 bits per heavy atom. The molecule has 0 radical (unpaired) electrons. The maximum Gasteiger partial charge on any atom is 0.216 e. The van der Waals surface area contributed by atoms with Crippen LogP contribution in [0.3, 0.4) is 0 Å². The van der Waals surface area contributed by atoms with Crippen LogP contribution in [-0.2, 0) is 10.0 Å². The van der Waals surface area contributed by atoms with Crippen LogP contribution in [0.25, 0.3) is 0 Å². The van der Waals surface area contributed by atoms with Gasteiger partial charge in [0, 0.05) is 19.1 Å². The monoisotopic (exact) mass is 232 g/mol. The average molecular weight is 232 g/mol. The molecule has 1 N–H and O–H groups in total. The highest BCUT2D eigenvalue weighted by Gasteiger charge is 2.37. The Labute approximate surface area is 90.7 Å². The van der Waals surface area contributed by atoms with Crippen molar-refractivity contribution in [3.05, 3.63) is 0 Å². The van der Waals surface area contributed by atoms with Crippen molar-refractivity contribution < 1.29 is 13.5 Å². The van der Waals surface area contributed by atoms with Crippen LogP contribution in [-0.4, -0.2) is 67.8 Å². The van der Waals surface area contributed by atoms with Crippen LogP contribution in [0.2, 0.25) is 0 Å². The summed E-state index contributed by atoms with van der Waals surface area (Å²) in [5.41, 5.74) is 0. The SMILES string of the molecule is C#CCN1CC(N(C)CCO)CS1(=O)=O. The molecule has 0 aromatic carbocycles. The molecule has 0 bridgehead atoms. The number of sulfonamides is 1. The molecule has 0 aliphatic carbocycles. The first-order chi connectivity index (χ1) is 7.01. The molecular formula is C9H16N2O3S. The van der Waals surface area contributed by atoms with Gasteiger partial charge < -0.3 is 5.11 Å². The van der Waals surface area contributed by atoms with Gasteiger partial charge in [-0.2, -0.15) is 4.31 Å². The maximum atomic E-state index is 11.6. The Morgan fingerprint density at radius 2 is 2.33 bits per heavy atom. The van der Waals surface area contributed by atoms with Gasteiger partial charge in [0.05, 0.1) is 18.9 Å². The van der Waals surface area contributed by atoms with Crippen LogP contribution < -0.4 is 0 Å². The Balaban J connectivity index is 2.66. The van der Waals surface area contributed by atoms with Gasteiger partial charge in [-0.3, -0.25) is 4.90 Å². The molecule has 1 fully saturated rings. The minimum absolute atomic E-state index is 0.0299. The van der Waals surface area contributed by atoms with Crippen molar-refractivity contribution in [2.75, 3.05) is 39.0 Å². The molecular weight excluding hydrogens is 216 g/mol. The van der Waals surface area contributed by atoms with Gasteiger partial charge >= 0.3 is 0 Å². The molecule has 5 nitrogen and oxygen atoms in total. The molecule has 0 aromatic rings. The summed E-state index contributed by atoms with van der Waals surface area (Å²) in [4.78, 5) is 1.84. The van der Waals surface area contributed by atoms with E-state index >= 15 is 0 Å². The summed E-state index contributed by atoms with van der Waals surface area (Å²) in [5, 5.41) is 8.76. The van der Waals surface area contributed by atoms with Crippen LogP contribution in [0.1, 0.15) is 0 Å². The third-order valence-corrected chi connectivity index (χ3v) is 4.43. The lowest BCUT2D eigenvalue weighted by Gasteiger charge is -2.21. The fraction of sp³-hybridized carbons (Fsp3) is 0.778. The molecule has 0 spiro atoms. The summed E-state index contributed by atoms with van der Waals surface area (Å²) >= 11 is 0. The first-order valence-electron chi connectivity index (χ1n) is 4.73. The van der Waals surface area contributed by atoms with Crippen LogP contribution in [0, 0.1) is 12.3 Å². The van der Waals surface area contributed by atoms with Gasteiger partial charge in [0.1, 0.15) is 0 Å². The number of rotatable bonds is 4. The number of nitrogens with zero attached hydrogens (tertiary/aromatic N) is 2. The zero-order valence-electron chi connectivity index (χ0n) is 8.76. The number of aliphatic hydroxyl groups is 1. The average Bonchev–Trinajstić information content (AvgIpc) is 2.44. The van der Waals surface area contributed by atoms with Crippen molar-refractivity contribution in [3.8, 4) is 12.3 Å². The predicted octanol–water partition coefficient (Wildman–Crippen LogP) is -1.44. The summed E-state index contributed by atoms with van der Waals surface area (Å²) in [6, 6.07) is -0.0736. The standard InChI is InChI=1S/C9H16N2O3S/c1-3-4-11-7-9(8-15(11,13)14)10(2)5-6-12/h1,9,12H,4-8H2,2H3. The normalized spacial score (nSPS) is 25.6. The molecule has 1 aliphatic rings. The highest BCUT2D eigenvalue weighted by molar-refractivity contribution is 7.89. The van der Waals surface area contributed by atoms with Crippen LogP contribution in [0.15, 0.2) is 0 Å². The number of hydrogen-bond acceptors (Lipinski definition) is 4. The molecule has 1 aliphatic heterocycles. The highest BCUT2D eigenvalue weighted by Crippen LogP contribution is 2.16. The van der Waals surface area contributed by atoms with Gasteiger partial charge in [-0.1, -0.05) is 5.92 Å². The van der Waals surface area contributed by atoms with E-state index in [-0.39, 0.29) is 24.9 Å². The topological polar surface area (TPSA) is 60.9 Å². The van der Waals surface area contributed by atoms with E-state index in [4.69, 9.17) is 11.5 Å². The van der Waals surface area contributed by atoms with E-state index < -0.39 is 10.0 Å². The Kier molecular flexibility index (Phi) is 4.11. The molecule has 1 unspecified atom stereocenters. The zero-order valence-corrected chi connectivity index (χ0v) is 9.57. The molecule has 15 heavy (non-hydrogen) atoms. The smallest absolute Gasteiger partial charge is 0.216 e. The minimum Gasteiger partial charge on any atom is -0.395 e. The maximum absolute atomic E-state index is 11.6. The second-order valence-corrected chi connectivity index (χ2v) is 5.65. The molecule has 6 heteroatoms. The second-order valence-electron chi connectivity index (χ2n) is 3.63. The third kappa shape index (κ3) is 2.92. The van der Waals surface area contributed by atoms with Gasteiger partial charge in [-0.15, -0.1) is 6.42 Å². The van der Waals surface area contributed by atoms with E-state index in [1.165, 1.54) is 4.31 Å². The number of likely N-dealkylation sites (N-methyl/N-ethyl adjacent to an activating group) is 1. The lowest BCUT2D eigenvalue weighted by atomic mass is 10.3. The van der Waals surface area contributed by atoms with Crippen LogP contribution in [0.5, 0.6) is 0 Å².